The standard InChI is InChI=1S/C27H28N4O3S/c1-3-5-6-9-17-34-19-14-12-18(13-15-19)24-28-27-31(29-24)26(33)23(35-27)22-20-10-7-8-11-21(20)30(16-4-2)25(22)32/h7-8,10-15H,3-6,9,16-17H2,1-2H3/b23-22-. The summed E-state index contributed by atoms with van der Waals surface area (Å²) in [5.74, 6) is 1.15. The Kier molecular flexibility index (Phi) is 6.63. The second-order valence-corrected chi connectivity index (χ2v) is 9.63. The number of hydrogen-bond acceptors (Lipinski definition) is 6. The van der Waals surface area contributed by atoms with Crippen molar-refractivity contribution < 1.29 is 9.53 Å². The number of ether oxygens (including phenoxy) is 1. The SMILES string of the molecule is CCCCCCOc1ccc(-c2nc3s/c(=C4\C(=O)N(CCC)c5ccccc54)c(=O)n3n2)cc1. The third-order valence-electron chi connectivity index (χ3n) is 6.13. The molecular weight excluding hydrogens is 460 g/mol. The van der Waals surface area contributed by atoms with Crippen LogP contribution in [-0.4, -0.2) is 33.7 Å². The highest BCUT2D eigenvalue weighted by molar-refractivity contribution is 7.15. The summed E-state index contributed by atoms with van der Waals surface area (Å²) in [7, 11) is 0. The fourth-order valence-electron chi connectivity index (χ4n) is 4.37. The van der Waals surface area contributed by atoms with Gasteiger partial charge in [0.15, 0.2) is 5.82 Å². The molecule has 3 heterocycles. The lowest BCUT2D eigenvalue weighted by atomic mass is 10.1. The number of carbonyl (C=O) groups is 1. The van der Waals surface area contributed by atoms with E-state index in [9.17, 15) is 9.59 Å². The Morgan fingerprint density at radius 3 is 2.49 bits per heavy atom. The van der Waals surface area contributed by atoms with Gasteiger partial charge in [-0.1, -0.05) is 62.6 Å². The lowest BCUT2D eigenvalue weighted by Crippen LogP contribution is -2.32. The van der Waals surface area contributed by atoms with Crippen LogP contribution in [0.5, 0.6) is 5.75 Å². The van der Waals surface area contributed by atoms with Crippen LogP contribution in [0.3, 0.4) is 0 Å². The molecule has 1 aliphatic rings. The van der Waals surface area contributed by atoms with E-state index in [4.69, 9.17) is 4.74 Å². The second kappa shape index (κ2) is 10.00. The van der Waals surface area contributed by atoms with E-state index >= 15 is 0 Å². The monoisotopic (exact) mass is 488 g/mol. The highest BCUT2D eigenvalue weighted by Gasteiger charge is 2.33. The van der Waals surface area contributed by atoms with E-state index in [1.807, 2.05) is 55.5 Å². The summed E-state index contributed by atoms with van der Waals surface area (Å²) in [4.78, 5) is 33.3. The molecule has 1 aliphatic heterocycles. The lowest BCUT2D eigenvalue weighted by molar-refractivity contribution is -0.113. The fourth-order valence-corrected chi connectivity index (χ4v) is 5.37. The molecule has 0 atom stereocenters. The smallest absolute Gasteiger partial charge is 0.291 e. The molecule has 1 amide bonds. The van der Waals surface area contributed by atoms with Gasteiger partial charge < -0.3 is 9.64 Å². The van der Waals surface area contributed by atoms with Crippen LogP contribution < -0.4 is 19.7 Å². The average Bonchev–Trinajstić information content (AvgIpc) is 3.51. The first kappa shape index (κ1) is 23.2. The number of fused-ring (bicyclic) bond motifs is 2. The van der Waals surface area contributed by atoms with E-state index in [1.54, 1.807) is 4.90 Å². The highest BCUT2D eigenvalue weighted by atomic mass is 32.1. The maximum atomic E-state index is 13.3. The summed E-state index contributed by atoms with van der Waals surface area (Å²) in [5, 5.41) is 4.46. The number of unbranched alkanes of at least 4 members (excludes halogenated alkanes) is 3. The van der Waals surface area contributed by atoms with Crippen LogP contribution in [0.4, 0.5) is 5.69 Å². The van der Waals surface area contributed by atoms with E-state index in [1.165, 1.54) is 35.1 Å². The largest absolute Gasteiger partial charge is 0.494 e. The van der Waals surface area contributed by atoms with Crippen molar-refractivity contribution in [2.75, 3.05) is 18.1 Å². The van der Waals surface area contributed by atoms with Crippen molar-refractivity contribution in [3.63, 3.8) is 0 Å². The topological polar surface area (TPSA) is 76.8 Å². The molecule has 0 aliphatic carbocycles. The molecule has 0 radical (unpaired) electrons. The third kappa shape index (κ3) is 4.34. The predicted octanol–water partition coefficient (Wildman–Crippen LogP) is 4.45. The molecule has 0 unspecified atom stereocenters. The summed E-state index contributed by atoms with van der Waals surface area (Å²) in [6.45, 7) is 5.54. The van der Waals surface area contributed by atoms with Gasteiger partial charge in [0.1, 0.15) is 10.3 Å². The minimum atomic E-state index is -0.313. The minimum absolute atomic E-state index is 0.139. The zero-order chi connectivity index (χ0) is 24.4. The molecule has 0 N–H and O–H groups in total. The summed E-state index contributed by atoms with van der Waals surface area (Å²) >= 11 is 1.21. The zero-order valence-electron chi connectivity index (χ0n) is 20.0. The maximum Gasteiger partial charge on any atom is 0.291 e. The molecule has 0 saturated carbocycles. The van der Waals surface area contributed by atoms with E-state index in [0.717, 1.165) is 35.4 Å². The van der Waals surface area contributed by atoms with Crippen molar-refractivity contribution in [3.05, 3.63) is 69.0 Å². The number of para-hydroxylation sites is 1. The van der Waals surface area contributed by atoms with Crippen molar-refractivity contribution in [2.45, 2.75) is 46.0 Å². The number of amides is 1. The average molecular weight is 489 g/mol. The number of anilines is 1. The summed E-state index contributed by atoms with van der Waals surface area (Å²) in [5.41, 5.74) is 2.58. The van der Waals surface area contributed by atoms with Gasteiger partial charge in [0, 0.05) is 17.7 Å². The molecule has 0 fully saturated rings. The second-order valence-electron chi connectivity index (χ2n) is 8.65. The Morgan fingerprint density at radius 2 is 1.74 bits per heavy atom. The number of rotatable bonds is 9. The van der Waals surface area contributed by atoms with Gasteiger partial charge in [-0.25, -0.2) is 0 Å². The molecule has 180 valence electrons. The number of hydrogen-bond donors (Lipinski definition) is 0. The molecule has 7 nitrogen and oxygen atoms in total. The Balaban J connectivity index is 1.44. The van der Waals surface area contributed by atoms with Crippen LogP contribution in [0.2, 0.25) is 0 Å². The minimum Gasteiger partial charge on any atom is -0.494 e. The Labute approximate surface area is 207 Å². The molecule has 2 aromatic carbocycles. The van der Waals surface area contributed by atoms with Crippen molar-refractivity contribution in [2.24, 2.45) is 0 Å². The number of carbonyl (C=O) groups excluding carboxylic acids is 1. The normalized spacial score (nSPS) is 14.7. The fraction of sp³-hybridized carbons (Fsp3) is 0.333. The van der Waals surface area contributed by atoms with E-state index in [-0.39, 0.29) is 11.5 Å². The summed E-state index contributed by atoms with van der Waals surface area (Å²) in [6.07, 6.45) is 5.49. The van der Waals surface area contributed by atoms with Crippen LogP contribution in [0.15, 0.2) is 53.3 Å². The molecule has 2 aromatic heterocycles. The number of thiazole rings is 1. The van der Waals surface area contributed by atoms with Gasteiger partial charge in [-0.05, 0) is 43.2 Å². The quantitative estimate of drug-likeness (QED) is 0.325. The summed E-state index contributed by atoms with van der Waals surface area (Å²) in [6, 6.07) is 15.2. The molecule has 0 bridgehead atoms. The zero-order valence-corrected chi connectivity index (χ0v) is 20.8. The number of nitrogens with zero attached hydrogens (tertiary/aromatic N) is 4. The van der Waals surface area contributed by atoms with E-state index in [2.05, 4.69) is 17.0 Å². The van der Waals surface area contributed by atoms with Gasteiger partial charge in [0.2, 0.25) is 4.96 Å². The number of benzene rings is 2. The van der Waals surface area contributed by atoms with E-state index in [0.29, 0.717) is 34.0 Å². The highest BCUT2D eigenvalue weighted by Crippen LogP contribution is 2.35. The van der Waals surface area contributed by atoms with Gasteiger partial charge in [-0.15, -0.1) is 5.10 Å². The van der Waals surface area contributed by atoms with Gasteiger partial charge in [0.05, 0.1) is 17.9 Å². The van der Waals surface area contributed by atoms with E-state index < -0.39 is 0 Å². The van der Waals surface area contributed by atoms with Crippen molar-refractivity contribution in [1.29, 1.82) is 0 Å². The molecule has 0 saturated heterocycles. The third-order valence-corrected chi connectivity index (χ3v) is 7.16. The molecule has 5 rings (SSSR count). The molecule has 0 spiro atoms. The van der Waals surface area contributed by atoms with Crippen LogP contribution in [0.1, 0.15) is 51.5 Å². The first-order chi connectivity index (χ1) is 17.1. The summed E-state index contributed by atoms with van der Waals surface area (Å²) < 4.78 is 7.50. The molecule has 8 heteroatoms. The van der Waals surface area contributed by atoms with Crippen molar-refractivity contribution >= 4 is 33.5 Å². The maximum absolute atomic E-state index is 13.3. The van der Waals surface area contributed by atoms with Gasteiger partial charge in [-0.2, -0.15) is 9.50 Å². The van der Waals surface area contributed by atoms with Crippen LogP contribution >= 0.6 is 11.3 Å². The predicted molar refractivity (Wildman–Crippen MR) is 139 cm³/mol. The molecule has 35 heavy (non-hydrogen) atoms. The van der Waals surface area contributed by atoms with Crippen molar-refractivity contribution in [3.8, 4) is 17.1 Å². The van der Waals surface area contributed by atoms with Crippen LogP contribution in [-0.2, 0) is 4.79 Å². The van der Waals surface area contributed by atoms with Gasteiger partial charge >= 0.3 is 0 Å². The first-order valence-electron chi connectivity index (χ1n) is 12.2. The Hall–Kier alpha value is -3.52. The van der Waals surface area contributed by atoms with Crippen LogP contribution in [0, 0.1) is 0 Å². The molecule has 4 aromatic rings. The van der Waals surface area contributed by atoms with Gasteiger partial charge in [-0.3, -0.25) is 9.59 Å². The molecular formula is C27H28N4O3S. The Bertz CT molecular complexity index is 1470. The Morgan fingerprint density at radius 1 is 0.943 bits per heavy atom. The number of aromatic nitrogens is 3. The van der Waals surface area contributed by atoms with Crippen molar-refractivity contribution in [1.82, 2.24) is 14.6 Å². The van der Waals surface area contributed by atoms with Crippen LogP contribution in [0.25, 0.3) is 21.9 Å². The lowest BCUT2D eigenvalue weighted by Gasteiger charge is -2.15. The first-order valence-corrected chi connectivity index (χ1v) is 13.0. The van der Waals surface area contributed by atoms with Gasteiger partial charge in [0.25, 0.3) is 11.5 Å².